The Labute approximate surface area is 128 Å². The second-order valence-electron chi connectivity index (χ2n) is 5.17. The number of fused-ring (bicyclic) bond motifs is 1. The van der Waals surface area contributed by atoms with E-state index in [1.165, 1.54) is 17.1 Å². The highest BCUT2D eigenvalue weighted by Gasteiger charge is 2.26. The van der Waals surface area contributed by atoms with Crippen molar-refractivity contribution < 1.29 is 0 Å². The minimum atomic E-state index is 0.478. The maximum atomic E-state index is 4.31. The minimum absolute atomic E-state index is 0.478. The van der Waals surface area contributed by atoms with Crippen LogP contribution in [0.1, 0.15) is 42.4 Å². The van der Waals surface area contributed by atoms with E-state index < -0.39 is 0 Å². The van der Waals surface area contributed by atoms with Gasteiger partial charge in [0.2, 0.25) is 0 Å². The van der Waals surface area contributed by atoms with Gasteiger partial charge >= 0.3 is 0 Å². The van der Waals surface area contributed by atoms with Gasteiger partial charge in [-0.25, -0.2) is 0 Å². The summed E-state index contributed by atoms with van der Waals surface area (Å²) in [4.78, 5) is 4.05. The first-order valence-corrected chi connectivity index (χ1v) is 8.80. The van der Waals surface area contributed by atoms with Crippen LogP contribution in [0.25, 0.3) is 0 Å². The molecule has 0 radical (unpaired) electrons. The number of aromatic nitrogens is 2. The molecule has 1 unspecified atom stereocenters. The van der Waals surface area contributed by atoms with Crippen LogP contribution in [0.15, 0.2) is 11.4 Å². The Balaban J connectivity index is 1.71. The SMILES string of the molecule is CCCNc1snnc1CN1CCc2sccc2C1C. The van der Waals surface area contributed by atoms with Crippen LogP contribution in [-0.2, 0) is 13.0 Å². The lowest BCUT2D eigenvalue weighted by Crippen LogP contribution is -2.33. The van der Waals surface area contributed by atoms with Crippen molar-refractivity contribution in [2.24, 2.45) is 0 Å². The summed E-state index contributed by atoms with van der Waals surface area (Å²) in [5.41, 5.74) is 2.58. The van der Waals surface area contributed by atoms with Gasteiger partial charge in [0.05, 0.1) is 0 Å². The van der Waals surface area contributed by atoms with Crippen molar-refractivity contribution in [1.29, 1.82) is 0 Å². The van der Waals surface area contributed by atoms with Gasteiger partial charge in [0, 0.05) is 42.1 Å². The second kappa shape index (κ2) is 6.20. The summed E-state index contributed by atoms with van der Waals surface area (Å²) in [6.07, 6.45) is 2.28. The highest BCUT2D eigenvalue weighted by molar-refractivity contribution is 7.10. The Bertz CT molecular complexity index is 563. The molecule has 0 aliphatic carbocycles. The fraction of sp³-hybridized carbons (Fsp3) is 0.571. The molecule has 2 aromatic rings. The molecule has 0 bridgehead atoms. The molecule has 0 saturated heterocycles. The molecule has 0 spiro atoms. The fourth-order valence-electron chi connectivity index (χ4n) is 2.65. The lowest BCUT2D eigenvalue weighted by atomic mass is 10.0. The number of anilines is 1. The van der Waals surface area contributed by atoms with Crippen molar-refractivity contribution in [2.45, 2.75) is 39.3 Å². The predicted octanol–water partition coefficient (Wildman–Crippen LogP) is 3.54. The predicted molar refractivity (Wildman–Crippen MR) is 85.5 cm³/mol. The number of hydrogen-bond acceptors (Lipinski definition) is 6. The van der Waals surface area contributed by atoms with E-state index in [0.717, 1.165) is 43.2 Å². The molecule has 0 aromatic carbocycles. The molecular weight excluding hydrogens is 288 g/mol. The minimum Gasteiger partial charge on any atom is -0.374 e. The molecule has 6 heteroatoms. The number of hydrogen-bond donors (Lipinski definition) is 1. The molecule has 0 amide bonds. The zero-order chi connectivity index (χ0) is 13.9. The van der Waals surface area contributed by atoms with E-state index in [2.05, 4.69) is 45.1 Å². The van der Waals surface area contributed by atoms with Gasteiger partial charge < -0.3 is 5.32 Å². The average molecular weight is 308 g/mol. The second-order valence-corrected chi connectivity index (χ2v) is 6.93. The van der Waals surface area contributed by atoms with Crippen molar-refractivity contribution in [3.8, 4) is 0 Å². The Morgan fingerprint density at radius 1 is 1.50 bits per heavy atom. The van der Waals surface area contributed by atoms with Gasteiger partial charge in [-0.1, -0.05) is 11.4 Å². The van der Waals surface area contributed by atoms with Gasteiger partial charge in [0.25, 0.3) is 0 Å². The van der Waals surface area contributed by atoms with Crippen LogP contribution in [0.2, 0.25) is 0 Å². The van der Waals surface area contributed by atoms with E-state index >= 15 is 0 Å². The summed E-state index contributed by atoms with van der Waals surface area (Å²) >= 11 is 3.36. The van der Waals surface area contributed by atoms with Gasteiger partial charge in [0.15, 0.2) is 0 Å². The molecule has 2 aromatic heterocycles. The fourth-order valence-corrected chi connectivity index (χ4v) is 4.22. The van der Waals surface area contributed by atoms with E-state index in [-0.39, 0.29) is 0 Å². The summed E-state index contributed by atoms with van der Waals surface area (Å²) < 4.78 is 4.10. The van der Waals surface area contributed by atoms with E-state index in [0.29, 0.717) is 6.04 Å². The van der Waals surface area contributed by atoms with E-state index in [9.17, 15) is 0 Å². The zero-order valence-corrected chi connectivity index (χ0v) is 13.6. The van der Waals surface area contributed by atoms with Crippen molar-refractivity contribution in [2.75, 3.05) is 18.4 Å². The summed E-state index contributed by atoms with van der Waals surface area (Å²) in [6, 6.07) is 2.75. The van der Waals surface area contributed by atoms with Crippen LogP contribution in [0, 0.1) is 0 Å². The maximum Gasteiger partial charge on any atom is 0.134 e. The van der Waals surface area contributed by atoms with E-state index in [1.807, 2.05) is 11.3 Å². The quantitative estimate of drug-likeness (QED) is 0.917. The largest absolute Gasteiger partial charge is 0.374 e. The van der Waals surface area contributed by atoms with Crippen LogP contribution >= 0.6 is 22.9 Å². The molecule has 3 heterocycles. The molecule has 1 N–H and O–H groups in total. The van der Waals surface area contributed by atoms with Crippen LogP contribution < -0.4 is 5.32 Å². The van der Waals surface area contributed by atoms with Crippen molar-refractivity contribution >= 4 is 27.9 Å². The summed E-state index contributed by atoms with van der Waals surface area (Å²) in [6.45, 7) is 7.45. The molecule has 20 heavy (non-hydrogen) atoms. The summed E-state index contributed by atoms with van der Waals surface area (Å²) in [5.74, 6) is 0. The van der Waals surface area contributed by atoms with E-state index in [1.54, 1.807) is 4.88 Å². The number of rotatable bonds is 5. The first-order chi connectivity index (χ1) is 9.79. The molecule has 3 rings (SSSR count). The van der Waals surface area contributed by atoms with Gasteiger partial charge in [-0.05, 0) is 36.8 Å². The first-order valence-electron chi connectivity index (χ1n) is 7.15. The average Bonchev–Trinajstić information content (AvgIpc) is 3.09. The third-order valence-electron chi connectivity index (χ3n) is 3.85. The van der Waals surface area contributed by atoms with Gasteiger partial charge in [-0.3, -0.25) is 4.90 Å². The third-order valence-corrected chi connectivity index (χ3v) is 5.57. The number of nitrogens with one attached hydrogen (secondary N) is 1. The Kier molecular flexibility index (Phi) is 4.33. The van der Waals surface area contributed by atoms with Crippen LogP contribution in [0.3, 0.4) is 0 Å². The van der Waals surface area contributed by atoms with Crippen LogP contribution in [-0.4, -0.2) is 27.6 Å². The molecular formula is C14H20N4S2. The molecule has 108 valence electrons. The Morgan fingerprint density at radius 2 is 2.40 bits per heavy atom. The van der Waals surface area contributed by atoms with Crippen LogP contribution in [0.4, 0.5) is 5.00 Å². The molecule has 1 aliphatic heterocycles. The molecule has 0 saturated carbocycles. The number of thiophene rings is 1. The first kappa shape index (κ1) is 14.0. The Hall–Kier alpha value is -0.980. The summed E-state index contributed by atoms with van der Waals surface area (Å²) in [5, 5.41) is 11.1. The highest BCUT2D eigenvalue weighted by atomic mass is 32.1. The topological polar surface area (TPSA) is 41.1 Å². The monoisotopic (exact) mass is 308 g/mol. The molecule has 4 nitrogen and oxygen atoms in total. The molecule has 1 atom stereocenters. The van der Waals surface area contributed by atoms with Gasteiger partial charge in [0.1, 0.15) is 10.7 Å². The van der Waals surface area contributed by atoms with E-state index in [4.69, 9.17) is 0 Å². The molecule has 1 aliphatic rings. The zero-order valence-electron chi connectivity index (χ0n) is 11.9. The lowest BCUT2D eigenvalue weighted by molar-refractivity contribution is 0.189. The van der Waals surface area contributed by atoms with Gasteiger partial charge in [-0.15, -0.1) is 16.4 Å². The van der Waals surface area contributed by atoms with Crippen molar-refractivity contribution in [3.63, 3.8) is 0 Å². The van der Waals surface area contributed by atoms with Gasteiger partial charge in [-0.2, -0.15) is 0 Å². The lowest BCUT2D eigenvalue weighted by Gasteiger charge is -2.33. The normalized spacial score (nSPS) is 19.0. The third kappa shape index (κ3) is 2.73. The van der Waals surface area contributed by atoms with Crippen molar-refractivity contribution in [3.05, 3.63) is 27.6 Å². The molecule has 0 fully saturated rings. The standard InChI is InChI=1S/C14H20N4S2/c1-3-6-15-14-12(16-17-20-14)9-18-7-4-13-11(10(18)2)5-8-19-13/h5,8,10,15H,3-4,6-7,9H2,1-2H3. The highest BCUT2D eigenvalue weighted by Crippen LogP contribution is 2.34. The maximum absolute atomic E-state index is 4.31. The van der Waals surface area contributed by atoms with Crippen LogP contribution in [0.5, 0.6) is 0 Å². The number of nitrogens with zero attached hydrogens (tertiary/aromatic N) is 3. The smallest absolute Gasteiger partial charge is 0.134 e. The van der Waals surface area contributed by atoms with Crippen molar-refractivity contribution in [1.82, 2.24) is 14.5 Å². The summed E-state index contributed by atoms with van der Waals surface area (Å²) in [7, 11) is 0. The Morgan fingerprint density at radius 3 is 3.25 bits per heavy atom.